The molecule has 0 amide bonds. The van der Waals surface area contributed by atoms with Crippen LogP contribution in [0.25, 0.3) is 0 Å². The minimum Gasteiger partial charge on any atom is -0.488 e. The summed E-state index contributed by atoms with van der Waals surface area (Å²) < 4.78 is 27.2. The van der Waals surface area contributed by atoms with Gasteiger partial charge >= 0.3 is 0 Å². The van der Waals surface area contributed by atoms with Gasteiger partial charge in [-0.3, -0.25) is 10.6 Å². The Labute approximate surface area is 302 Å². The number of hydrogen-bond donors (Lipinski definition) is 2. The van der Waals surface area contributed by atoms with Gasteiger partial charge in [0.1, 0.15) is 30.7 Å². The van der Waals surface area contributed by atoms with Gasteiger partial charge in [0.2, 0.25) is 0 Å². The fourth-order valence-corrected chi connectivity index (χ4v) is 4.76. The van der Waals surface area contributed by atoms with E-state index in [2.05, 4.69) is 47.6 Å². The van der Waals surface area contributed by atoms with Crippen LogP contribution in [0.15, 0.2) is 78.0 Å². The van der Waals surface area contributed by atoms with Crippen LogP contribution in [0.1, 0.15) is 144 Å². The maximum atomic E-state index is 15.7. The molecule has 0 radical (unpaired) electrons. The number of nitrogens with two attached hydrogens (primary N) is 2. The average Bonchev–Trinajstić information content (AvgIpc) is 3.10. The van der Waals surface area contributed by atoms with Crippen LogP contribution in [0.3, 0.4) is 0 Å². The molecule has 0 aliphatic heterocycles. The first kappa shape index (κ1) is 48.0. The van der Waals surface area contributed by atoms with Gasteiger partial charge in [0, 0.05) is 24.4 Å². The van der Waals surface area contributed by atoms with Gasteiger partial charge in [-0.15, -0.1) is 0 Å². The topological polar surface area (TPSA) is 73.7 Å². The van der Waals surface area contributed by atoms with E-state index in [1.165, 1.54) is 51.0 Å². The number of rotatable bonds is 19. The number of halogens is 1. The maximum absolute atomic E-state index is 15.7. The average molecular weight is 684 g/mol. The zero-order chi connectivity index (χ0) is 37.5. The largest absolute Gasteiger partial charge is 0.488 e. The second-order valence-corrected chi connectivity index (χ2v) is 12.4. The SMILES string of the molecule is CC.CCC.CCC/C=C\C=C(/C)C(c1c(F)cc(OCN)cc1OCc1ccccc1)N(C)C/C=C(\C)N.CCCCCCC(C)CC. The van der Waals surface area contributed by atoms with Crippen LogP contribution in [0.5, 0.6) is 11.5 Å². The molecule has 2 atom stereocenters. The molecule has 4 N–H and O–H groups in total. The van der Waals surface area contributed by atoms with Crippen molar-refractivity contribution >= 4 is 0 Å². The molecule has 0 aromatic heterocycles. The van der Waals surface area contributed by atoms with Gasteiger partial charge in [-0.25, -0.2) is 4.39 Å². The predicted octanol–water partition coefficient (Wildman–Crippen LogP) is 12.3. The van der Waals surface area contributed by atoms with Crippen LogP contribution in [-0.4, -0.2) is 25.2 Å². The Hall–Kier alpha value is -3.09. The molecule has 49 heavy (non-hydrogen) atoms. The second kappa shape index (κ2) is 32.1. The summed E-state index contributed by atoms with van der Waals surface area (Å²) in [5.41, 5.74) is 14.5. The molecular weight excluding hydrogens is 609 g/mol. The second-order valence-electron chi connectivity index (χ2n) is 12.4. The number of hydrogen-bond acceptors (Lipinski definition) is 5. The van der Waals surface area contributed by atoms with Crippen molar-refractivity contribution in [3.8, 4) is 11.5 Å². The van der Waals surface area contributed by atoms with Crippen molar-refractivity contribution in [2.45, 2.75) is 140 Å². The summed E-state index contributed by atoms with van der Waals surface area (Å²) in [6, 6.07) is 12.5. The lowest BCUT2D eigenvalue weighted by Gasteiger charge is -2.30. The van der Waals surface area contributed by atoms with E-state index in [9.17, 15) is 0 Å². The third kappa shape index (κ3) is 23.0. The first-order chi connectivity index (χ1) is 23.6. The molecule has 2 rings (SSSR count). The number of nitrogens with zero attached hydrogens (tertiary/aromatic N) is 1. The highest BCUT2D eigenvalue weighted by Gasteiger charge is 2.27. The fourth-order valence-electron chi connectivity index (χ4n) is 4.76. The van der Waals surface area contributed by atoms with Crippen molar-refractivity contribution in [3.63, 3.8) is 0 Å². The summed E-state index contributed by atoms with van der Waals surface area (Å²) in [6.07, 6.45) is 19.9. The molecule has 2 aromatic rings. The van der Waals surface area contributed by atoms with Crippen molar-refractivity contribution in [3.05, 3.63) is 95.0 Å². The van der Waals surface area contributed by atoms with Gasteiger partial charge in [-0.05, 0) is 38.8 Å². The molecule has 0 heterocycles. The lowest BCUT2D eigenvalue weighted by atomic mass is 9.95. The van der Waals surface area contributed by atoms with Crippen molar-refractivity contribution in [1.29, 1.82) is 0 Å². The van der Waals surface area contributed by atoms with Crippen LogP contribution in [0.2, 0.25) is 0 Å². The molecule has 0 saturated carbocycles. The molecule has 0 aliphatic carbocycles. The summed E-state index contributed by atoms with van der Waals surface area (Å²) in [6.45, 7) is 21.9. The van der Waals surface area contributed by atoms with Crippen molar-refractivity contribution < 1.29 is 13.9 Å². The minimum absolute atomic E-state index is 0.0536. The number of ether oxygens (including phenoxy) is 2. The molecule has 0 fully saturated rings. The molecule has 280 valence electrons. The zero-order valence-corrected chi connectivity index (χ0v) is 33.3. The van der Waals surface area contributed by atoms with Crippen molar-refractivity contribution in [2.75, 3.05) is 20.3 Å². The maximum Gasteiger partial charge on any atom is 0.137 e. The fraction of sp³-hybridized carbons (Fsp3) is 0.581. The summed E-state index contributed by atoms with van der Waals surface area (Å²) in [4.78, 5) is 2.05. The molecule has 5 nitrogen and oxygen atoms in total. The van der Waals surface area contributed by atoms with E-state index < -0.39 is 5.82 Å². The minimum atomic E-state index is -0.412. The lowest BCUT2D eigenvalue weighted by Crippen LogP contribution is -2.27. The third-order valence-corrected chi connectivity index (χ3v) is 7.60. The van der Waals surface area contributed by atoms with Crippen molar-refractivity contribution in [2.24, 2.45) is 17.4 Å². The molecular formula is C43H74FN3O2. The number of likely N-dealkylation sites (N-methyl/N-ethyl adjacent to an activating group) is 1. The number of benzene rings is 2. The summed E-state index contributed by atoms with van der Waals surface area (Å²) in [7, 11) is 1.95. The van der Waals surface area contributed by atoms with E-state index in [1.807, 2.05) is 88.2 Å². The van der Waals surface area contributed by atoms with E-state index in [0.29, 0.717) is 35.9 Å². The van der Waals surface area contributed by atoms with E-state index in [1.54, 1.807) is 6.07 Å². The van der Waals surface area contributed by atoms with Crippen LogP contribution < -0.4 is 20.9 Å². The van der Waals surface area contributed by atoms with Crippen LogP contribution >= 0.6 is 0 Å². The molecule has 2 unspecified atom stereocenters. The third-order valence-electron chi connectivity index (χ3n) is 7.60. The Morgan fingerprint density at radius 2 is 1.59 bits per heavy atom. The van der Waals surface area contributed by atoms with Gasteiger partial charge in [0.25, 0.3) is 0 Å². The zero-order valence-electron chi connectivity index (χ0n) is 33.3. The number of allylic oxidation sites excluding steroid dienone is 4. The summed E-state index contributed by atoms with van der Waals surface area (Å²) >= 11 is 0. The van der Waals surface area contributed by atoms with Gasteiger partial charge < -0.3 is 15.2 Å². The van der Waals surface area contributed by atoms with E-state index in [0.717, 1.165) is 29.9 Å². The van der Waals surface area contributed by atoms with Gasteiger partial charge in [-0.1, -0.05) is 167 Å². The molecule has 2 aromatic carbocycles. The summed E-state index contributed by atoms with van der Waals surface area (Å²) in [5.74, 6) is 1.29. The van der Waals surface area contributed by atoms with Crippen molar-refractivity contribution in [1.82, 2.24) is 4.90 Å². The molecule has 0 spiro atoms. The Morgan fingerprint density at radius 1 is 0.939 bits per heavy atom. The van der Waals surface area contributed by atoms with Crippen LogP contribution in [0.4, 0.5) is 4.39 Å². The first-order valence-electron chi connectivity index (χ1n) is 18.9. The Balaban J connectivity index is 0. The Morgan fingerprint density at radius 3 is 2.14 bits per heavy atom. The molecule has 6 heteroatoms. The summed E-state index contributed by atoms with van der Waals surface area (Å²) in [5, 5.41) is 0. The Kier molecular flexibility index (Phi) is 31.5. The highest BCUT2D eigenvalue weighted by molar-refractivity contribution is 5.47. The van der Waals surface area contributed by atoms with E-state index in [4.69, 9.17) is 20.9 Å². The van der Waals surface area contributed by atoms with Crippen LogP contribution in [0, 0.1) is 11.7 Å². The monoisotopic (exact) mass is 684 g/mol. The first-order valence-corrected chi connectivity index (χ1v) is 18.9. The van der Waals surface area contributed by atoms with Crippen LogP contribution in [-0.2, 0) is 6.61 Å². The van der Waals surface area contributed by atoms with Gasteiger partial charge in [0.05, 0.1) is 11.6 Å². The molecule has 0 aliphatic rings. The molecule has 0 bridgehead atoms. The van der Waals surface area contributed by atoms with E-state index >= 15 is 4.39 Å². The highest BCUT2D eigenvalue weighted by atomic mass is 19.1. The smallest absolute Gasteiger partial charge is 0.137 e. The normalized spacial score (nSPS) is 12.6. The number of unbranched alkanes of at least 4 members (excludes halogenated alkanes) is 4. The molecule has 0 saturated heterocycles. The highest BCUT2D eigenvalue weighted by Crippen LogP contribution is 2.39. The van der Waals surface area contributed by atoms with Gasteiger partial charge in [-0.2, -0.15) is 0 Å². The van der Waals surface area contributed by atoms with E-state index in [-0.39, 0.29) is 12.8 Å². The van der Waals surface area contributed by atoms with Gasteiger partial charge in [0.15, 0.2) is 0 Å². The standard InChI is InChI=1S/C28H38FN3O2.C10H22.C3H8.C2H6/c1-5-6-7-9-12-21(2)28(32(4)16-15-22(3)31)27-25(29)17-24(34-20-30)18-26(27)33-19-23-13-10-8-11-14-23;1-4-6-7-8-9-10(3)5-2;1-3-2;1-2/h7-15,17-18,28H,5-6,16,19-20,30-31H2,1-4H3;10H,4-9H2,1-3H3;3H2,1-2H3;1-2H3/b9-7-,21-12+,22-15+;;;. The predicted molar refractivity (Wildman–Crippen MR) is 214 cm³/mol. The Bertz CT molecular complexity index is 1140. The quantitative estimate of drug-likeness (QED) is 0.0876. The lowest BCUT2D eigenvalue weighted by molar-refractivity contribution is 0.261.